The third-order valence-corrected chi connectivity index (χ3v) is 7.01. The second-order valence-corrected chi connectivity index (χ2v) is 9.04. The molecule has 1 aliphatic carbocycles. The van der Waals surface area contributed by atoms with Crippen molar-refractivity contribution in [3.05, 3.63) is 84.2 Å². The lowest BCUT2D eigenvalue weighted by Crippen LogP contribution is -2.34. The first-order valence-electron chi connectivity index (χ1n) is 11.9. The van der Waals surface area contributed by atoms with Gasteiger partial charge in [-0.15, -0.1) is 5.10 Å². The number of alkyl halides is 1. The van der Waals surface area contributed by atoms with Gasteiger partial charge in [0.1, 0.15) is 5.69 Å². The van der Waals surface area contributed by atoms with Crippen molar-refractivity contribution in [2.45, 2.75) is 37.8 Å². The van der Waals surface area contributed by atoms with E-state index in [0.29, 0.717) is 18.5 Å². The van der Waals surface area contributed by atoms with Crippen molar-refractivity contribution in [3.8, 4) is 11.4 Å². The molecule has 0 spiro atoms. The number of ether oxygens (including phenoxy) is 1. The second-order valence-electron chi connectivity index (χ2n) is 9.04. The van der Waals surface area contributed by atoms with Gasteiger partial charge in [-0.3, -0.25) is 0 Å². The number of carbonyl (C=O) groups excluding carboxylic acids is 1. The van der Waals surface area contributed by atoms with Gasteiger partial charge in [0.25, 0.3) is 5.67 Å². The van der Waals surface area contributed by atoms with Crippen LogP contribution < -0.4 is 0 Å². The van der Waals surface area contributed by atoms with Crippen molar-refractivity contribution < 1.29 is 13.9 Å². The molecule has 2 aromatic heterocycles. The molecule has 0 aliphatic heterocycles. The molecule has 3 aromatic carbocycles. The van der Waals surface area contributed by atoms with Crippen LogP contribution in [0.15, 0.2) is 72.8 Å². The smallest absolute Gasteiger partial charge is 0.350 e. The number of para-hydroxylation sites is 2. The minimum absolute atomic E-state index is 0.0537. The molecule has 7 heteroatoms. The quantitative estimate of drug-likeness (QED) is 0.313. The predicted octanol–water partition coefficient (Wildman–Crippen LogP) is 5.82. The van der Waals surface area contributed by atoms with Crippen molar-refractivity contribution in [1.29, 1.82) is 0 Å². The Bertz CT molecular complexity index is 1500. The molecule has 0 saturated heterocycles. The van der Waals surface area contributed by atoms with E-state index < -0.39 is 11.6 Å². The molecule has 0 bridgehead atoms. The maximum atomic E-state index is 15.9. The lowest BCUT2D eigenvalue weighted by atomic mass is 9.89. The number of rotatable bonds is 3. The first-order valence-corrected chi connectivity index (χ1v) is 11.9. The molecule has 2 heterocycles. The summed E-state index contributed by atoms with van der Waals surface area (Å²) in [5.74, 6) is -0.908. The molecule has 176 valence electrons. The number of nitrogens with zero attached hydrogens (tertiary/aromatic N) is 4. The van der Waals surface area contributed by atoms with E-state index in [-0.39, 0.29) is 12.1 Å². The van der Waals surface area contributed by atoms with E-state index >= 15 is 4.39 Å². The number of carbonyl (C=O) groups is 1. The normalized spacial score (nSPS) is 18.2. The zero-order valence-corrected chi connectivity index (χ0v) is 19.4. The molecule has 0 N–H and O–H groups in total. The number of benzene rings is 3. The van der Waals surface area contributed by atoms with Gasteiger partial charge in [-0.25, -0.2) is 13.9 Å². The van der Waals surface area contributed by atoms with Crippen LogP contribution in [0.25, 0.3) is 33.2 Å². The van der Waals surface area contributed by atoms with Crippen LogP contribution in [0.5, 0.6) is 0 Å². The van der Waals surface area contributed by atoms with E-state index in [1.165, 1.54) is 17.9 Å². The lowest BCUT2D eigenvalue weighted by Gasteiger charge is -2.24. The van der Waals surface area contributed by atoms with E-state index in [1.54, 1.807) is 4.68 Å². The van der Waals surface area contributed by atoms with Crippen molar-refractivity contribution in [1.82, 2.24) is 19.6 Å². The zero-order valence-electron chi connectivity index (χ0n) is 19.4. The lowest BCUT2D eigenvalue weighted by molar-refractivity contribution is -0.156. The SMILES string of the molecule is COC(=O)C1(F)CCCCCc2c1nnn2-c1ccc(-n2c3ccccc3c3ccccc32)cc1. The summed E-state index contributed by atoms with van der Waals surface area (Å²) >= 11 is 0. The first-order chi connectivity index (χ1) is 17.1. The zero-order chi connectivity index (χ0) is 24.0. The molecular weight excluding hydrogens is 443 g/mol. The van der Waals surface area contributed by atoms with Gasteiger partial charge >= 0.3 is 5.97 Å². The molecule has 6 nitrogen and oxygen atoms in total. The summed E-state index contributed by atoms with van der Waals surface area (Å²) in [6, 6.07) is 24.7. The Morgan fingerprint density at radius 2 is 1.51 bits per heavy atom. The Hall–Kier alpha value is -4.00. The van der Waals surface area contributed by atoms with Gasteiger partial charge in [0.05, 0.1) is 29.5 Å². The summed E-state index contributed by atoms with van der Waals surface area (Å²) in [6.07, 6.45) is 2.97. The third-order valence-electron chi connectivity index (χ3n) is 7.01. The van der Waals surface area contributed by atoms with E-state index in [2.05, 4.69) is 51.3 Å². The fourth-order valence-corrected chi connectivity index (χ4v) is 5.30. The van der Waals surface area contributed by atoms with Gasteiger partial charge in [-0.05, 0) is 62.1 Å². The summed E-state index contributed by atoms with van der Waals surface area (Å²) < 4.78 is 24.6. The number of esters is 1. The molecule has 1 aliphatic rings. The Kier molecular flexibility index (Phi) is 5.13. The number of halogens is 1. The fraction of sp³-hybridized carbons (Fsp3) is 0.250. The molecular formula is C28H25FN4O2. The van der Waals surface area contributed by atoms with Crippen molar-refractivity contribution >= 4 is 27.8 Å². The van der Waals surface area contributed by atoms with Gasteiger partial charge in [-0.1, -0.05) is 48.0 Å². The highest BCUT2D eigenvalue weighted by Gasteiger charge is 2.47. The van der Waals surface area contributed by atoms with Gasteiger partial charge in [0.15, 0.2) is 0 Å². The van der Waals surface area contributed by atoms with Gasteiger partial charge in [-0.2, -0.15) is 0 Å². The molecule has 0 radical (unpaired) electrons. The molecule has 35 heavy (non-hydrogen) atoms. The van der Waals surface area contributed by atoms with Crippen LogP contribution in [-0.4, -0.2) is 32.6 Å². The third kappa shape index (κ3) is 3.33. The number of methoxy groups -OCH3 is 1. The van der Waals surface area contributed by atoms with Crippen LogP contribution in [0.3, 0.4) is 0 Å². The number of hydrogen-bond acceptors (Lipinski definition) is 4. The number of fused-ring (bicyclic) bond motifs is 4. The van der Waals surface area contributed by atoms with E-state index in [1.807, 2.05) is 36.4 Å². The minimum Gasteiger partial charge on any atom is -0.466 e. The molecule has 0 amide bonds. The van der Waals surface area contributed by atoms with Crippen LogP contribution in [0.2, 0.25) is 0 Å². The van der Waals surface area contributed by atoms with Crippen LogP contribution in [0, 0.1) is 0 Å². The topological polar surface area (TPSA) is 61.9 Å². The average molecular weight is 469 g/mol. The van der Waals surface area contributed by atoms with Gasteiger partial charge in [0, 0.05) is 16.5 Å². The summed E-state index contributed by atoms with van der Waals surface area (Å²) in [6.45, 7) is 0. The van der Waals surface area contributed by atoms with Crippen molar-refractivity contribution in [3.63, 3.8) is 0 Å². The van der Waals surface area contributed by atoms with Crippen LogP contribution in [0.1, 0.15) is 37.1 Å². The minimum atomic E-state index is -2.27. The molecule has 5 aromatic rings. The van der Waals surface area contributed by atoms with Crippen LogP contribution in [0.4, 0.5) is 4.39 Å². The molecule has 1 atom stereocenters. The molecule has 0 saturated carbocycles. The highest BCUT2D eigenvalue weighted by Crippen LogP contribution is 2.38. The van der Waals surface area contributed by atoms with Gasteiger partial charge < -0.3 is 9.30 Å². The van der Waals surface area contributed by atoms with E-state index in [0.717, 1.165) is 35.2 Å². The molecule has 0 fully saturated rings. The van der Waals surface area contributed by atoms with Gasteiger partial charge in [0.2, 0.25) is 0 Å². The summed E-state index contributed by atoms with van der Waals surface area (Å²) in [4.78, 5) is 12.4. The van der Waals surface area contributed by atoms with E-state index in [4.69, 9.17) is 4.74 Å². The van der Waals surface area contributed by atoms with E-state index in [9.17, 15) is 4.79 Å². The Balaban J connectivity index is 1.45. The standard InChI is InChI=1S/C28H25FN4O2/c1-35-27(34)28(29)18-8-2-3-13-25-26(28)30-31-33(25)20-16-14-19(15-17-20)32-23-11-6-4-9-21(23)22-10-5-7-12-24(22)32/h4-7,9-12,14-17H,2-3,8,13,18H2,1H3. The van der Waals surface area contributed by atoms with Crippen LogP contribution in [-0.2, 0) is 21.6 Å². The molecule has 1 unspecified atom stereocenters. The Morgan fingerprint density at radius 3 is 2.17 bits per heavy atom. The van der Waals surface area contributed by atoms with Crippen LogP contribution >= 0.6 is 0 Å². The molecule has 6 rings (SSSR count). The maximum absolute atomic E-state index is 15.9. The second kappa shape index (κ2) is 8.34. The largest absolute Gasteiger partial charge is 0.466 e. The Labute approximate surface area is 201 Å². The summed E-state index contributed by atoms with van der Waals surface area (Å²) in [7, 11) is 1.21. The van der Waals surface area contributed by atoms with Crippen molar-refractivity contribution in [2.75, 3.05) is 7.11 Å². The monoisotopic (exact) mass is 468 g/mol. The fourth-order valence-electron chi connectivity index (χ4n) is 5.30. The number of aromatic nitrogens is 4. The summed E-state index contributed by atoms with van der Waals surface area (Å²) in [5.41, 5.74) is 2.49. The maximum Gasteiger partial charge on any atom is 0.350 e. The first kappa shape index (κ1) is 21.5. The predicted molar refractivity (Wildman–Crippen MR) is 133 cm³/mol. The number of hydrogen-bond donors (Lipinski definition) is 0. The average Bonchev–Trinajstić information content (AvgIpc) is 3.46. The highest BCUT2D eigenvalue weighted by molar-refractivity contribution is 6.09. The Morgan fingerprint density at radius 1 is 0.886 bits per heavy atom. The summed E-state index contributed by atoms with van der Waals surface area (Å²) in [5, 5.41) is 10.8. The van der Waals surface area contributed by atoms with Crippen molar-refractivity contribution in [2.24, 2.45) is 0 Å². The highest BCUT2D eigenvalue weighted by atomic mass is 19.1.